The van der Waals surface area contributed by atoms with Crippen LogP contribution < -0.4 is 10.2 Å². The van der Waals surface area contributed by atoms with Crippen molar-refractivity contribution in [1.29, 1.82) is 0 Å². The fraction of sp³-hybridized carbons (Fsp3) is 0.552. The van der Waals surface area contributed by atoms with Crippen LogP contribution in [0.25, 0.3) is 0 Å². The Hall–Kier alpha value is -3.40. The highest BCUT2D eigenvalue weighted by atomic mass is 19.1. The summed E-state index contributed by atoms with van der Waals surface area (Å²) in [6.45, 7) is 11.8. The van der Waals surface area contributed by atoms with Crippen molar-refractivity contribution >= 4 is 23.5 Å². The minimum absolute atomic E-state index is 0.0699. The number of aromatic nitrogens is 1. The van der Waals surface area contributed by atoms with Crippen molar-refractivity contribution in [3.05, 3.63) is 54.1 Å². The van der Waals surface area contributed by atoms with Crippen molar-refractivity contribution in [1.82, 2.24) is 19.7 Å². The van der Waals surface area contributed by atoms with E-state index in [1.165, 1.54) is 12.1 Å². The van der Waals surface area contributed by atoms with Crippen LogP contribution in [0, 0.1) is 11.2 Å². The number of halogens is 1. The van der Waals surface area contributed by atoms with Gasteiger partial charge in [0.1, 0.15) is 5.82 Å². The largest absolute Gasteiger partial charge is 0.465 e. The monoisotopic (exact) mass is 540 g/mol. The van der Waals surface area contributed by atoms with E-state index in [9.17, 15) is 19.1 Å². The first-order chi connectivity index (χ1) is 18.4. The molecule has 3 amide bonds. The Balaban J connectivity index is 1.31. The van der Waals surface area contributed by atoms with Gasteiger partial charge in [-0.3, -0.25) is 19.7 Å². The molecule has 0 saturated carbocycles. The lowest BCUT2D eigenvalue weighted by molar-refractivity contribution is -0.0464. The Labute approximate surface area is 230 Å². The number of carbonyl (C=O) groups excluding carboxylic acids is 1. The summed E-state index contributed by atoms with van der Waals surface area (Å²) in [5.74, 6) is -0.266. The van der Waals surface area contributed by atoms with Crippen LogP contribution in [0.2, 0.25) is 0 Å². The number of hydrogen-bond acceptors (Lipinski definition) is 5. The third kappa shape index (κ3) is 6.43. The fourth-order valence-electron chi connectivity index (χ4n) is 5.46. The molecule has 0 spiro atoms. The minimum Gasteiger partial charge on any atom is -0.465 e. The molecule has 2 fully saturated rings. The van der Waals surface area contributed by atoms with Gasteiger partial charge in [-0.25, -0.2) is 14.0 Å². The summed E-state index contributed by atoms with van der Waals surface area (Å²) in [6, 6.07) is 10.4. The number of pyridine rings is 1. The van der Waals surface area contributed by atoms with Gasteiger partial charge >= 0.3 is 12.1 Å². The number of piperazine rings is 1. The lowest BCUT2D eigenvalue weighted by atomic mass is 9.72. The molecule has 0 aliphatic carbocycles. The van der Waals surface area contributed by atoms with Crippen LogP contribution in [0.3, 0.4) is 0 Å². The first-order valence-corrected chi connectivity index (χ1v) is 13.6. The summed E-state index contributed by atoms with van der Waals surface area (Å²) in [6.07, 6.45) is 2.42. The summed E-state index contributed by atoms with van der Waals surface area (Å²) in [4.78, 5) is 37.0. The van der Waals surface area contributed by atoms with Gasteiger partial charge in [-0.05, 0) is 55.5 Å². The Morgan fingerprint density at radius 2 is 1.87 bits per heavy atom. The molecule has 10 heteroatoms. The Bertz CT molecular complexity index is 1160. The van der Waals surface area contributed by atoms with Crippen molar-refractivity contribution < 1.29 is 19.1 Å². The molecule has 9 nitrogen and oxygen atoms in total. The second kappa shape index (κ2) is 11.4. The number of nitrogens with zero attached hydrogens (tertiary/aromatic N) is 5. The summed E-state index contributed by atoms with van der Waals surface area (Å²) < 4.78 is 13.5. The minimum atomic E-state index is -0.880. The highest BCUT2D eigenvalue weighted by Gasteiger charge is 2.48. The van der Waals surface area contributed by atoms with Gasteiger partial charge in [-0.15, -0.1) is 0 Å². The first kappa shape index (κ1) is 28.6. The van der Waals surface area contributed by atoms with Crippen LogP contribution in [-0.2, 0) is 6.54 Å². The number of nitrogens with one attached hydrogen (secondary N) is 1. The van der Waals surface area contributed by atoms with Gasteiger partial charge in [0.2, 0.25) is 0 Å². The summed E-state index contributed by atoms with van der Waals surface area (Å²) in [5, 5.41) is 13.1. The van der Waals surface area contributed by atoms with Crippen LogP contribution in [0.1, 0.15) is 46.2 Å². The van der Waals surface area contributed by atoms with Crippen LogP contribution in [-0.4, -0.2) is 88.3 Å². The molecule has 0 bridgehead atoms. The molecule has 1 aromatic heterocycles. The molecule has 3 heterocycles. The molecule has 2 aromatic rings. The van der Waals surface area contributed by atoms with Gasteiger partial charge in [0.15, 0.2) is 0 Å². The predicted octanol–water partition coefficient (Wildman–Crippen LogP) is 4.95. The number of likely N-dealkylation sites (tertiary alicyclic amines) is 1. The third-order valence-corrected chi connectivity index (χ3v) is 8.44. The molecule has 39 heavy (non-hydrogen) atoms. The number of piperidine rings is 1. The number of carboxylic acid groups (broad SMARTS) is 1. The zero-order chi connectivity index (χ0) is 28.4. The van der Waals surface area contributed by atoms with Crippen molar-refractivity contribution in [3.8, 4) is 0 Å². The predicted molar refractivity (Wildman–Crippen MR) is 151 cm³/mol. The molecule has 1 atom stereocenters. The smallest absolute Gasteiger partial charge is 0.407 e. The number of carbonyl (C=O) groups is 2. The molecule has 0 radical (unpaired) electrons. The van der Waals surface area contributed by atoms with E-state index in [1.54, 1.807) is 29.1 Å². The topological polar surface area (TPSA) is 92.3 Å². The first-order valence-electron chi connectivity index (χ1n) is 13.6. The van der Waals surface area contributed by atoms with E-state index in [2.05, 4.69) is 36.0 Å². The van der Waals surface area contributed by atoms with Crippen molar-refractivity contribution in [2.24, 2.45) is 5.41 Å². The van der Waals surface area contributed by atoms with Gasteiger partial charge < -0.3 is 15.3 Å². The zero-order valence-corrected chi connectivity index (χ0v) is 23.7. The van der Waals surface area contributed by atoms with E-state index in [1.807, 2.05) is 30.0 Å². The third-order valence-electron chi connectivity index (χ3n) is 8.44. The Kier molecular flexibility index (Phi) is 8.34. The quantitative estimate of drug-likeness (QED) is 0.557. The van der Waals surface area contributed by atoms with Crippen molar-refractivity contribution in [2.45, 2.75) is 58.7 Å². The molecule has 212 valence electrons. The van der Waals surface area contributed by atoms with Gasteiger partial charge in [0, 0.05) is 58.0 Å². The van der Waals surface area contributed by atoms with Crippen molar-refractivity contribution in [3.63, 3.8) is 0 Å². The van der Waals surface area contributed by atoms with E-state index in [4.69, 9.17) is 0 Å². The van der Waals surface area contributed by atoms with E-state index < -0.39 is 11.6 Å². The number of anilines is 2. The van der Waals surface area contributed by atoms with Crippen LogP contribution in [0.5, 0.6) is 0 Å². The van der Waals surface area contributed by atoms with Gasteiger partial charge in [0.25, 0.3) is 0 Å². The summed E-state index contributed by atoms with van der Waals surface area (Å²) in [5.41, 5.74) is 1.61. The van der Waals surface area contributed by atoms with Gasteiger partial charge in [-0.2, -0.15) is 0 Å². The number of benzene rings is 1. The Morgan fingerprint density at radius 1 is 1.15 bits per heavy atom. The van der Waals surface area contributed by atoms with Crippen LogP contribution >= 0.6 is 0 Å². The normalized spacial score (nSPS) is 21.1. The molecule has 2 N–H and O–H groups in total. The molecule has 4 rings (SSSR count). The van der Waals surface area contributed by atoms with Crippen LogP contribution in [0.15, 0.2) is 42.6 Å². The average molecular weight is 541 g/mol. The van der Waals surface area contributed by atoms with Crippen molar-refractivity contribution in [2.75, 3.05) is 50.0 Å². The maximum absolute atomic E-state index is 13.5. The zero-order valence-electron chi connectivity index (χ0n) is 23.7. The number of urea groups is 1. The highest BCUT2D eigenvalue weighted by Crippen LogP contribution is 2.38. The molecular formula is C29H41FN6O3. The molecule has 2 aliphatic heterocycles. The lowest BCUT2D eigenvalue weighted by Gasteiger charge is -2.54. The number of amides is 3. The molecular weight excluding hydrogens is 499 g/mol. The SMILES string of the molecule is CN(C(=O)N1CCC(Nc2cccc(F)c2)CC1)c1ccc(CN2CCN(C(=O)O)[C@@](C)(C(C)(C)C)C2)nc1. The van der Waals surface area contributed by atoms with E-state index in [0.29, 0.717) is 39.3 Å². The molecule has 1 aromatic carbocycles. The second-order valence-electron chi connectivity index (χ2n) is 11.9. The van der Waals surface area contributed by atoms with Gasteiger partial charge in [-0.1, -0.05) is 26.8 Å². The van der Waals surface area contributed by atoms with Crippen LogP contribution in [0.4, 0.5) is 25.4 Å². The Morgan fingerprint density at radius 3 is 2.46 bits per heavy atom. The maximum Gasteiger partial charge on any atom is 0.407 e. The lowest BCUT2D eigenvalue weighted by Crippen LogP contribution is -2.67. The second-order valence-corrected chi connectivity index (χ2v) is 11.9. The van der Waals surface area contributed by atoms with E-state index >= 15 is 0 Å². The summed E-state index contributed by atoms with van der Waals surface area (Å²) in [7, 11) is 1.76. The summed E-state index contributed by atoms with van der Waals surface area (Å²) >= 11 is 0. The maximum atomic E-state index is 13.5. The molecule has 2 aliphatic rings. The van der Waals surface area contributed by atoms with E-state index in [-0.39, 0.29) is 23.3 Å². The number of hydrogen-bond donors (Lipinski definition) is 2. The average Bonchev–Trinajstić information content (AvgIpc) is 2.88. The standard InChI is InChI=1S/C29H41FN6O3/c1-28(2,3)29(4)20-34(15-16-36(29)27(38)39)19-24-9-10-25(18-31-24)33(5)26(37)35-13-11-22(12-14-35)32-23-8-6-7-21(30)17-23/h6-10,17-18,22,32H,11-16,19-20H2,1-5H3,(H,38,39)/t29-/m1/s1. The highest BCUT2D eigenvalue weighted by molar-refractivity contribution is 5.91. The molecule has 2 saturated heterocycles. The number of rotatable bonds is 5. The fourth-order valence-corrected chi connectivity index (χ4v) is 5.46. The van der Waals surface area contributed by atoms with E-state index in [0.717, 1.165) is 29.9 Å². The van der Waals surface area contributed by atoms with Gasteiger partial charge in [0.05, 0.1) is 23.1 Å². The molecule has 0 unspecified atom stereocenters.